The minimum Gasteiger partial charge on any atom is -0.372 e. The summed E-state index contributed by atoms with van der Waals surface area (Å²) in [7, 11) is 0. The van der Waals surface area contributed by atoms with Gasteiger partial charge < -0.3 is 10.6 Å². The molecule has 0 bridgehead atoms. The maximum atomic E-state index is 12.8. The van der Waals surface area contributed by atoms with Crippen LogP contribution in [0.4, 0.5) is 5.69 Å². The standard InChI is InChI=1S/C21H23N3O/c1-15(18-11-7-8-16-14-22-13-12-19(16)18)23-20(25)21(2,3)24-17-9-5-4-6-10-17/h4-15,24H,1-3H3,(H,23,25)/t15-/m1/s1. The van der Waals surface area contributed by atoms with Gasteiger partial charge in [0.2, 0.25) is 5.91 Å². The maximum absolute atomic E-state index is 12.8. The molecule has 0 aliphatic carbocycles. The maximum Gasteiger partial charge on any atom is 0.245 e. The van der Waals surface area contributed by atoms with E-state index < -0.39 is 5.54 Å². The average molecular weight is 333 g/mol. The number of carbonyl (C=O) groups excluding carboxylic acids is 1. The van der Waals surface area contributed by atoms with E-state index in [9.17, 15) is 4.79 Å². The third kappa shape index (κ3) is 3.79. The number of benzene rings is 2. The number of aromatic nitrogens is 1. The molecule has 0 saturated heterocycles. The summed E-state index contributed by atoms with van der Waals surface area (Å²) < 4.78 is 0. The Balaban J connectivity index is 1.77. The molecular formula is C21H23N3O. The van der Waals surface area contributed by atoms with E-state index in [0.717, 1.165) is 22.0 Å². The topological polar surface area (TPSA) is 54.0 Å². The zero-order chi connectivity index (χ0) is 17.9. The molecule has 0 fully saturated rings. The van der Waals surface area contributed by atoms with Crippen LogP contribution in [0.5, 0.6) is 0 Å². The summed E-state index contributed by atoms with van der Waals surface area (Å²) in [4.78, 5) is 17.0. The summed E-state index contributed by atoms with van der Waals surface area (Å²) in [6.07, 6.45) is 3.62. The summed E-state index contributed by atoms with van der Waals surface area (Å²) in [5.74, 6) is -0.0464. The number of nitrogens with one attached hydrogen (secondary N) is 2. The van der Waals surface area contributed by atoms with Crippen molar-refractivity contribution in [1.29, 1.82) is 0 Å². The Kier molecular flexibility index (Phi) is 4.70. The fourth-order valence-electron chi connectivity index (χ4n) is 2.92. The molecule has 2 aromatic carbocycles. The molecule has 0 spiro atoms. The lowest BCUT2D eigenvalue weighted by Gasteiger charge is -2.28. The van der Waals surface area contributed by atoms with Gasteiger partial charge in [0.25, 0.3) is 0 Å². The Hall–Kier alpha value is -2.88. The minimum absolute atomic E-state index is 0.0464. The first-order valence-electron chi connectivity index (χ1n) is 8.44. The summed E-state index contributed by atoms with van der Waals surface area (Å²) in [5, 5.41) is 8.60. The van der Waals surface area contributed by atoms with Gasteiger partial charge in [-0.1, -0.05) is 36.4 Å². The van der Waals surface area contributed by atoms with Crippen molar-refractivity contribution < 1.29 is 4.79 Å². The van der Waals surface area contributed by atoms with Crippen molar-refractivity contribution in [2.45, 2.75) is 32.4 Å². The molecule has 0 aliphatic rings. The van der Waals surface area contributed by atoms with Gasteiger partial charge in [-0.25, -0.2) is 0 Å². The second kappa shape index (κ2) is 6.93. The number of pyridine rings is 1. The zero-order valence-corrected chi connectivity index (χ0v) is 14.8. The number of carbonyl (C=O) groups is 1. The Morgan fingerprint density at radius 1 is 1.04 bits per heavy atom. The largest absolute Gasteiger partial charge is 0.372 e. The van der Waals surface area contributed by atoms with Gasteiger partial charge in [-0.05, 0) is 49.9 Å². The molecule has 1 heterocycles. The van der Waals surface area contributed by atoms with Crippen LogP contribution in [0.15, 0.2) is 67.0 Å². The Bertz CT molecular complexity index is 869. The van der Waals surface area contributed by atoms with Gasteiger partial charge in [0.15, 0.2) is 0 Å². The highest BCUT2D eigenvalue weighted by molar-refractivity contribution is 5.90. The molecule has 4 nitrogen and oxygen atoms in total. The summed E-state index contributed by atoms with van der Waals surface area (Å²) in [6.45, 7) is 5.77. The van der Waals surface area contributed by atoms with Gasteiger partial charge in [0, 0.05) is 23.5 Å². The first-order valence-corrected chi connectivity index (χ1v) is 8.44. The molecule has 2 N–H and O–H groups in total. The highest BCUT2D eigenvalue weighted by atomic mass is 16.2. The van der Waals surface area contributed by atoms with Crippen LogP contribution in [0.3, 0.4) is 0 Å². The number of hydrogen-bond donors (Lipinski definition) is 2. The third-order valence-electron chi connectivity index (χ3n) is 4.33. The van der Waals surface area contributed by atoms with Crippen LogP contribution in [0, 0.1) is 0 Å². The summed E-state index contributed by atoms with van der Waals surface area (Å²) >= 11 is 0. The highest BCUT2D eigenvalue weighted by Gasteiger charge is 2.28. The zero-order valence-electron chi connectivity index (χ0n) is 14.8. The fourth-order valence-corrected chi connectivity index (χ4v) is 2.92. The van der Waals surface area contributed by atoms with Gasteiger partial charge in [0.1, 0.15) is 5.54 Å². The molecular weight excluding hydrogens is 310 g/mol. The first-order chi connectivity index (χ1) is 12.0. The molecule has 3 rings (SSSR count). The van der Waals surface area contributed by atoms with E-state index in [2.05, 4.69) is 15.6 Å². The van der Waals surface area contributed by atoms with Gasteiger partial charge in [-0.15, -0.1) is 0 Å². The molecule has 25 heavy (non-hydrogen) atoms. The van der Waals surface area contributed by atoms with Crippen LogP contribution in [0.25, 0.3) is 10.8 Å². The molecule has 1 amide bonds. The Labute approximate surface area is 148 Å². The molecule has 0 aliphatic heterocycles. The minimum atomic E-state index is -0.720. The van der Waals surface area contributed by atoms with Crippen molar-refractivity contribution in [1.82, 2.24) is 10.3 Å². The lowest BCUT2D eigenvalue weighted by molar-refractivity contribution is -0.125. The van der Waals surface area contributed by atoms with E-state index in [1.165, 1.54) is 0 Å². The van der Waals surface area contributed by atoms with E-state index in [1.54, 1.807) is 6.20 Å². The van der Waals surface area contributed by atoms with Crippen molar-refractivity contribution in [3.8, 4) is 0 Å². The lowest BCUT2D eigenvalue weighted by atomic mass is 9.98. The van der Waals surface area contributed by atoms with Crippen molar-refractivity contribution in [3.63, 3.8) is 0 Å². The van der Waals surface area contributed by atoms with E-state index >= 15 is 0 Å². The predicted octanol–water partition coefficient (Wildman–Crippen LogP) is 4.30. The third-order valence-corrected chi connectivity index (χ3v) is 4.33. The number of amides is 1. The normalized spacial score (nSPS) is 12.6. The fraction of sp³-hybridized carbons (Fsp3) is 0.238. The van der Waals surface area contributed by atoms with E-state index in [-0.39, 0.29) is 11.9 Å². The molecule has 3 aromatic rings. The quantitative estimate of drug-likeness (QED) is 0.732. The molecule has 0 radical (unpaired) electrons. The summed E-state index contributed by atoms with van der Waals surface area (Å²) in [5.41, 5.74) is 1.29. The number of anilines is 1. The second-order valence-electron chi connectivity index (χ2n) is 6.76. The van der Waals surface area contributed by atoms with Gasteiger partial charge >= 0.3 is 0 Å². The smallest absolute Gasteiger partial charge is 0.245 e. The van der Waals surface area contributed by atoms with E-state index in [0.29, 0.717) is 0 Å². The Morgan fingerprint density at radius 2 is 1.80 bits per heavy atom. The Morgan fingerprint density at radius 3 is 2.56 bits per heavy atom. The molecule has 1 aromatic heterocycles. The van der Waals surface area contributed by atoms with Crippen molar-refractivity contribution >= 4 is 22.4 Å². The van der Waals surface area contributed by atoms with Crippen LogP contribution in [-0.2, 0) is 4.79 Å². The van der Waals surface area contributed by atoms with Crippen LogP contribution < -0.4 is 10.6 Å². The van der Waals surface area contributed by atoms with E-state index in [1.807, 2.05) is 81.6 Å². The number of rotatable bonds is 5. The highest BCUT2D eigenvalue weighted by Crippen LogP contribution is 2.24. The summed E-state index contributed by atoms with van der Waals surface area (Å²) in [6, 6.07) is 17.7. The SMILES string of the molecule is C[C@@H](NC(=O)C(C)(C)Nc1ccccc1)c1cccc2cnccc12. The number of hydrogen-bond acceptors (Lipinski definition) is 3. The number of para-hydroxylation sites is 1. The first kappa shape index (κ1) is 17.0. The molecule has 128 valence electrons. The molecule has 0 unspecified atom stereocenters. The second-order valence-corrected chi connectivity index (χ2v) is 6.76. The molecule has 1 atom stereocenters. The average Bonchev–Trinajstić information content (AvgIpc) is 2.61. The molecule has 0 saturated carbocycles. The number of fused-ring (bicyclic) bond motifs is 1. The van der Waals surface area contributed by atoms with Gasteiger partial charge in [-0.2, -0.15) is 0 Å². The van der Waals surface area contributed by atoms with Crippen LogP contribution >= 0.6 is 0 Å². The lowest BCUT2D eigenvalue weighted by Crippen LogP contribution is -2.48. The predicted molar refractivity (Wildman–Crippen MR) is 102 cm³/mol. The van der Waals surface area contributed by atoms with Crippen molar-refractivity contribution in [2.75, 3.05) is 5.32 Å². The van der Waals surface area contributed by atoms with Gasteiger partial charge in [-0.3, -0.25) is 9.78 Å². The van der Waals surface area contributed by atoms with Crippen molar-refractivity contribution in [3.05, 3.63) is 72.6 Å². The van der Waals surface area contributed by atoms with Gasteiger partial charge in [0.05, 0.1) is 6.04 Å². The molecule has 4 heteroatoms. The number of nitrogens with zero attached hydrogens (tertiary/aromatic N) is 1. The van der Waals surface area contributed by atoms with Crippen LogP contribution in [0.2, 0.25) is 0 Å². The monoisotopic (exact) mass is 333 g/mol. The van der Waals surface area contributed by atoms with Crippen molar-refractivity contribution in [2.24, 2.45) is 0 Å². The van der Waals surface area contributed by atoms with Crippen LogP contribution in [0.1, 0.15) is 32.4 Å². The van der Waals surface area contributed by atoms with Crippen LogP contribution in [-0.4, -0.2) is 16.4 Å². The van der Waals surface area contributed by atoms with E-state index in [4.69, 9.17) is 0 Å².